The van der Waals surface area contributed by atoms with Gasteiger partial charge in [-0.15, -0.1) is 0 Å². The molecule has 1 saturated heterocycles. The van der Waals surface area contributed by atoms with E-state index in [1.165, 1.54) is 11.3 Å². The van der Waals surface area contributed by atoms with Crippen LogP contribution in [0.25, 0.3) is 0 Å². The fraction of sp³-hybridized carbons (Fsp3) is 0.381. The second-order valence-electron chi connectivity index (χ2n) is 6.47. The molecule has 28 heavy (non-hydrogen) atoms. The number of benzene rings is 2. The quantitative estimate of drug-likeness (QED) is 0.562. The zero-order valence-electron chi connectivity index (χ0n) is 16.5. The van der Waals surface area contributed by atoms with Crippen LogP contribution in [0.4, 0.5) is 5.69 Å². The molecule has 0 amide bonds. The third-order valence-corrected chi connectivity index (χ3v) is 4.68. The number of guanidine groups is 1. The van der Waals surface area contributed by atoms with Crippen LogP contribution in [0.2, 0.25) is 0 Å². The van der Waals surface area contributed by atoms with Crippen molar-refractivity contribution < 1.29 is 14.2 Å². The number of nitrogens with zero attached hydrogens (tertiary/aromatic N) is 2. The van der Waals surface area contributed by atoms with Crippen molar-refractivity contribution in [3.63, 3.8) is 0 Å². The SMILES string of the molecule is COc1ccc(CN=C(N)NCc2ccccc2N2CCOCC2)cc1OC. The van der Waals surface area contributed by atoms with E-state index in [1.54, 1.807) is 14.2 Å². The number of ether oxygens (including phenoxy) is 3. The second-order valence-corrected chi connectivity index (χ2v) is 6.47. The van der Waals surface area contributed by atoms with Gasteiger partial charge in [0.2, 0.25) is 0 Å². The van der Waals surface area contributed by atoms with Crippen LogP contribution < -0.4 is 25.4 Å². The largest absolute Gasteiger partial charge is 0.493 e. The molecule has 0 atom stereocenters. The average molecular weight is 384 g/mol. The third kappa shape index (κ3) is 5.07. The van der Waals surface area contributed by atoms with Crippen LogP contribution in [-0.2, 0) is 17.8 Å². The lowest BCUT2D eigenvalue weighted by atomic mass is 10.1. The zero-order valence-corrected chi connectivity index (χ0v) is 16.5. The molecule has 0 unspecified atom stereocenters. The zero-order chi connectivity index (χ0) is 19.8. The number of methoxy groups -OCH3 is 2. The first-order valence-corrected chi connectivity index (χ1v) is 9.36. The predicted molar refractivity (Wildman–Crippen MR) is 111 cm³/mol. The van der Waals surface area contributed by atoms with Crippen molar-refractivity contribution >= 4 is 11.6 Å². The van der Waals surface area contributed by atoms with Crippen LogP contribution in [0.1, 0.15) is 11.1 Å². The van der Waals surface area contributed by atoms with E-state index in [-0.39, 0.29) is 0 Å². The van der Waals surface area contributed by atoms with Gasteiger partial charge in [-0.2, -0.15) is 0 Å². The van der Waals surface area contributed by atoms with E-state index in [9.17, 15) is 0 Å². The summed E-state index contributed by atoms with van der Waals surface area (Å²) in [5, 5.41) is 3.21. The van der Waals surface area contributed by atoms with Crippen LogP contribution in [0.3, 0.4) is 0 Å². The van der Waals surface area contributed by atoms with Crippen LogP contribution in [0.5, 0.6) is 11.5 Å². The molecule has 3 rings (SSSR count). The van der Waals surface area contributed by atoms with Gasteiger partial charge in [-0.05, 0) is 29.3 Å². The maximum absolute atomic E-state index is 6.07. The maximum atomic E-state index is 6.07. The Hall–Kier alpha value is -2.93. The monoisotopic (exact) mass is 384 g/mol. The molecule has 0 bridgehead atoms. The van der Waals surface area contributed by atoms with Gasteiger partial charge in [-0.25, -0.2) is 4.99 Å². The molecule has 0 radical (unpaired) electrons. The summed E-state index contributed by atoms with van der Waals surface area (Å²) in [5.41, 5.74) is 9.47. The molecule has 0 aromatic heterocycles. The molecule has 2 aromatic carbocycles. The smallest absolute Gasteiger partial charge is 0.189 e. The average Bonchev–Trinajstić information content (AvgIpc) is 2.76. The van der Waals surface area contributed by atoms with Crippen LogP contribution >= 0.6 is 0 Å². The fourth-order valence-corrected chi connectivity index (χ4v) is 3.17. The Kier molecular flexibility index (Phi) is 6.97. The number of nitrogens with one attached hydrogen (secondary N) is 1. The molecule has 0 aliphatic carbocycles. The molecule has 1 heterocycles. The molecule has 0 spiro atoms. The highest BCUT2D eigenvalue weighted by molar-refractivity contribution is 5.78. The number of hydrogen-bond acceptors (Lipinski definition) is 5. The first-order chi connectivity index (χ1) is 13.7. The number of aliphatic imine (C=N–C) groups is 1. The lowest BCUT2D eigenvalue weighted by molar-refractivity contribution is 0.122. The molecule has 3 N–H and O–H groups in total. The minimum absolute atomic E-state index is 0.409. The summed E-state index contributed by atoms with van der Waals surface area (Å²) in [6.07, 6.45) is 0. The van der Waals surface area contributed by atoms with Crippen molar-refractivity contribution in [1.29, 1.82) is 0 Å². The van der Waals surface area contributed by atoms with Crippen molar-refractivity contribution in [2.45, 2.75) is 13.1 Å². The van der Waals surface area contributed by atoms with Crippen LogP contribution in [-0.4, -0.2) is 46.5 Å². The lowest BCUT2D eigenvalue weighted by Gasteiger charge is -2.30. The summed E-state index contributed by atoms with van der Waals surface area (Å²) in [6, 6.07) is 14.1. The highest BCUT2D eigenvalue weighted by Crippen LogP contribution is 2.27. The van der Waals surface area contributed by atoms with Gasteiger partial charge in [0.25, 0.3) is 0 Å². The molecule has 1 aliphatic heterocycles. The van der Waals surface area contributed by atoms with E-state index in [0.29, 0.717) is 30.5 Å². The summed E-state index contributed by atoms with van der Waals surface area (Å²) in [4.78, 5) is 6.78. The highest BCUT2D eigenvalue weighted by Gasteiger charge is 2.14. The van der Waals surface area contributed by atoms with Gasteiger partial charge >= 0.3 is 0 Å². The van der Waals surface area contributed by atoms with Crippen molar-refractivity contribution in [2.24, 2.45) is 10.7 Å². The number of rotatable bonds is 7. The minimum Gasteiger partial charge on any atom is -0.493 e. The van der Waals surface area contributed by atoms with E-state index in [1.807, 2.05) is 24.3 Å². The molecule has 7 nitrogen and oxygen atoms in total. The molecular formula is C21H28N4O3. The number of para-hydroxylation sites is 1. The number of nitrogens with two attached hydrogens (primary N) is 1. The molecule has 0 saturated carbocycles. The maximum Gasteiger partial charge on any atom is 0.189 e. The van der Waals surface area contributed by atoms with Crippen LogP contribution in [0.15, 0.2) is 47.5 Å². The lowest BCUT2D eigenvalue weighted by Crippen LogP contribution is -2.37. The minimum atomic E-state index is 0.409. The summed E-state index contributed by atoms with van der Waals surface area (Å²) >= 11 is 0. The molecule has 150 valence electrons. The number of morpholine rings is 1. The Bertz CT molecular complexity index is 804. The first kappa shape index (κ1) is 19.8. The Labute approximate surface area is 166 Å². The van der Waals surface area contributed by atoms with Crippen molar-refractivity contribution in [3.8, 4) is 11.5 Å². The summed E-state index contributed by atoms with van der Waals surface area (Å²) in [6.45, 7) is 4.41. The van der Waals surface area contributed by atoms with Gasteiger partial charge in [-0.1, -0.05) is 24.3 Å². The highest BCUT2D eigenvalue weighted by atomic mass is 16.5. The van der Waals surface area contributed by atoms with Gasteiger partial charge < -0.3 is 30.2 Å². The van der Waals surface area contributed by atoms with Gasteiger partial charge in [0.1, 0.15) is 0 Å². The molecule has 7 heteroatoms. The molecular weight excluding hydrogens is 356 g/mol. The normalized spacial score (nSPS) is 14.6. The first-order valence-electron chi connectivity index (χ1n) is 9.36. The molecule has 1 aliphatic rings. The Balaban J connectivity index is 1.60. The Morgan fingerprint density at radius 2 is 1.86 bits per heavy atom. The van der Waals surface area contributed by atoms with Gasteiger partial charge in [0.15, 0.2) is 17.5 Å². The summed E-state index contributed by atoms with van der Waals surface area (Å²) in [7, 11) is 3.24. The molecule has 1 fully saturated rings. The van der Waals surface area contributed by atoms with E-state index in [0.717, 1.165) is 31.9 Å². The standard InChI is InChI=1S/C21H28N4O3/c1-26-19-8-7-16(13-20(19)27-2)14-23-21(22)24-15-17-5-3-4-6-18(17)25-9-11-28-12-10-25/h3-8,13H,9-12,14-15H2,1-2H3,(H3,22,23,24). The second kappa shape index (κ2) is 9.85. The van der Waals surface area contributed by atoms with Gasteiger partial charge in [0.05, 0.1) is 34.0 Å². The summed E-state index contributed by atoms with van der Waals surface area (Å²) < 4.78 is 16.0. The van der Waals surface area contributed by atoms with Gasteiger partial charge in [0, 0.05) is 25.3 Å². The third-order valence-electron chi connectivity index (χ3n) is 4.68. The van der Waals surface area contributed by atoms with Crippen molar-refractivity contribution in [3.05, 3.63) is 53.6 Å². The van der Waals surface area contributed by atoms with Gasteiger partial charge in [-0.3, -0.25) is 0 Å². The van der Waals surface area contributed by atoms with E-state index < -0.39 is 0 Å². The molecule has 2 aromatic rings. The number of anilines is 1. The van der Waals surface area contributed by atoms with Crippen molar-refractivity contribution in [2.75, 3.05) is 45.4 Å². The van der Waals surface area contributed by atoms with E-state index >= 15 is 0 Å². The fourth-order valence-electron chi connectivity index (χ4n) is 3.17. The Morgan fingerprint density at radius 1 is 1.11 bits per heavy atom. The number of hydrogen-bond donors (Lipinski definition) is 2. The van der Waals surface area contributed by atoms with E-state index in [2.05, 4.69) is 33.4 Å². The van der Waals surface area contributed by atoms with Crippen molar-refractivity contribution in [1.82, 2.24) is 5.32 Å². The Morgan fingerprint density at radius 3 is 2.61 bits per heavy atom. The van der Waals surface area contributed by atoms with E-state index in [4.69, 9.17) is 19.9 Å². The predicted octanol–water partition coefficient (Wildman–Crippen LogP) is 2.14. The van der Waals surface area contributed by atoms with Crippen LogP contribution in [0, 0.1) is 0 Å². The topological polar surface area (TPSA) is 81.3 Å². The summed E-state index contributed by atoms with van der Waals surface area (Å²) in [5.74, 6) is 1.79.